The van der Waals surface area contributed by atoms with Crippen molar-refractivity contribution in [2.24, 2.45) is 0 Å². The average molecular weight is 680 g/mol. The number of rotatable bonds is 34. The molecule has 2 atom stereocenters. The maximum Gasteiger partial charge on any atom is 0.267 e. The standard InChI is InChI=1S/C40H73NO5S/c1-3-5-7-9-11-13-15-17-18-19-20-21-22-24-26-28-30-32-34-36-40(43)41-38(37-47(44,45)46)39(42)35-33-31-29-27-25-23-16-14-12-10-8-6-4-2/h12,14,17-18,25,27,33,35,38-39,42H,3-11,13,15-16,19-24,26,28-32,34,36-37H2,1-2H3,(H,41,43)(H,44,45,46)/b14-12+,18-17-,27-25+,35-33+. The molecule has 0 aromatic rings. The number of nitrogens with one attached hydrogen (secondary N) is 1. The van der Waals surface area contributed by atoms with Crippen molar-refractivity contribution < 1.29 is 22.9 Å². The molecule has 47 heavy (non-hydrogen) atoms. The molecule has 1 amide bonds. The molecule has 0 aliphatic heterocycles. The van der Waals surface area contributed by atoms with Gasteiger partial charge in [0.2, 0.25) is 5.91 Å². The van der Waals surface area contributed by atoms with Crippen molar-refractivity contribution in [3.05, 3.63) is 48.6 Å². The van der Waals surface area contributed by atoms with Crippen LogP contribution in [0.5, 0.6) is 0 Å². The molecule has 0 aromatic carbocycles. The third-order valence-corrected chi connectivity index (χ3v) is 9.24. The first kappa shape index (κ1) is 45.3. The van der Waals surface area contributed by atoms with Crippen LogP contribution in [0.1, 0.15) is 181 Å². The highest BCUT2D eigenvalue weighted by atomic mass is 32.2. The van der Waals surface area contributed by atoms with E-state index < -0.39 is 28.0 Å². The first-order valence-corrected chi connectivity index (χ1v) is 20.9. The number of amides is 1. The van der Waals surface area contributed by atoms with Crippen molar-refractivity contribution in [2.75, 3.05) is 5.75 Å². The minimum atomic E-state index is -4.35. The Kier molecular flexibility index (Phi) is 32.9. The molecular formula is C40H73NO5S. The van der Waals surface area contributed by atoms with Crippen LogP contribution in [0.15, 0.2) is 48.6 Å². The lowest BCUT2D eigenvalue weighted by atomic mass is 10.0. The third kappa shape index (κ3) is 35.4. The van der Waals surface area contributed by atoms with E-state index >= 15 is 0 Å². The molecule has 0 rings (SSSR count). The Morgan fingerprint density at radius 1 is 0.553 bits per heavy atom. The van der Waals surface area contributed by atoms with Crippen LogP contribution < -0.4 is 5.32 Å². The molecule has 0 aliphatic rings. The molecule has 0 saturated carbocycles. The number of hydrogen-bond acceptors (Lipinski definition) is 4. The van der Waals surface area contributed by atoms with E-state index in [4.69, 9.17) is 0 Å². The predicted molar refractivity (Wildman–Crippen MR) is 202 cm³/mol. The molecule has 7 heteroatoms. The van der Waals surface area contributed by atoms with E-state index in [1.807, 2.05) is 0 Å². The average Bonchev–Trinajstić information content (AvgIpc) is 3.03. The van der Waals surface area contributed by atoms with Gasteiger partial charge in [0.05, 0.1) is 17.9 Å². The van der Waals surface area contributed by atoms with Crippen LogP contribution in [-0.2, 0) is 14.9 Å². The summed E-state index contributed by atoms with van der Waals surface area (Å²) in [7, 11) is -4.35. The fourth-order valence-corrected chi connectivity index (χ4v) is 6.27. The molecule has 0 heterocycles. The van der Waals surface area contributed by atoms with Gasteiger partial charge >= 0.3 is 0 Å². The number of allylic oxidation sites excluding steroid dienone is 7. The van der Waals surface area contributed by atoms with Gasteiger partial charge in [0.15, 0.2) is 0 Å². The molecule has 3 N–H and O–H groups in total. The molecule has 0 spiro atoms. The minimum absolute atomic E-state index is 0.281. The van der Waals surface area contributed by atoms with Crippen LogP contribution in [0.2, 0.25) is 0 Å². The van der Waals surface area contributed by atoms with Gasteiger partial charge in [-0.05, 0) is 70.6 Å². The van der Waals surface area contributed by atoms with Crippen molar-refractivity contribution in [1.82, 2.24) is 5.32 Å². The number of aliphatic hydroxyl groups excluding tert-OH is 1. The van der Waals surface area contributed by atoms with E-state index in [0.29, 0.717) is 6.42 Å². The Morgan fingerprint density at radius 2 is 0.915 bits per heavy atom. The van der Waals surface area contributed by atoms with Gasteiger partial charge in [-0.3, -0.25) is 9.35 Å². The van der Waals surface area contributed by atoms with Crippen molar-refractivity contribution in [2.45, 2.75) is 193 Å². The zero-order valence-corrected chi connectivity index (χ0v) is 31.2. The Labute approximate surface area is 290 Å². The fourth-order valence-electron chi connectivity index (χ4n) is 5.53. The lowest BCUT2D eigenvalue weighted by Gasteiger charge is -2.21. The maximum absolute atomic E-state index is 12.5. The summed E-state index contributed by atoms with van der Waals surface area (Å²) in [4.78, 5) is 12.5. The smallest absolute Gasteiger partial charge is 0.267 e. The summed E-state index contributed by atoms with van der Waals surface area (Å²) < 4.78 is 32.4. The summed E-state index contributed by atoms with van der Waals surface area (Å²) in [6.45, 7) is 4.47. The van der Waals surface area contributed by atoms with Gasteiger partial charge < -0.3 is 10.4 Å². The molecule has 2 unspecified atom stereocenters. The largest absolute Gasteiger partial charge is 0.387 e. The Balaban J connectivity index is 3.98. The number of unbranched alkanes of at least 4 members (excludes halogenated alkanes) is 20. The van der Waals surface area contributed by atoms with Crippen LogP contribution in [0.4, 0.5) is 0 Å². The molecule has 0 aromatic heterocycles. The van der Waals surface area contributed by atoms with Crippen LogP contribution in [0, 0.1) is 0 Å². The molecule has 0 aliphatic carbocycles. The third-order valence-electron chi connectivity index (χ3n) is 8.46. The Morgan fingerprint density at radius 3 is 1.38 bits per heavy atom. The van der Waals surface area contributed by atoms with E-state index in [2.05, 4.69) is 55.6 Å². The normalized spacial score (nSPS) is 13.9. The SMILES string of the molecule is CCCCC/C=C/CC/C=C/CC/C=C/C(O)C(CS(=O)(=O)O)NC(=O)CCCCCCCCCCC/C=C\CCCCCCCC. The van der Waals surface area contributed by atoms with Gasteiger partial charge in [-0.1, -0.05) is 152 Å². The topological polar surface area (TPSA) is 104 Å². The monoisotopic (exact) mass is 680 g/mol. The van der Waals surface area contributed by atoms with E-state index in [1.165, 1.54) is 115 Å². The summed E-state index contributed by atoms with van der Waals surface area (Å²) in [6.07, 6.45) is 45.2. The van der Waals surface area contributed by atoms with E-state index in [1.54, 1.807) is 6.08 Å². The lowest BCUT2D eigenvalue weighted by Crippen LogP contribution is -2.46. The predicted octanol–water partition coefficient (Wildman–Crippen LogP) is 11.1. The number of carbonyl (C=O) groups is 1. The highest BCUT2D eigenvalue weighted by Crippen LogP contribution is 2.13. The number of carbonyl (C=O) groups excluding carboxylic acids is 1. The summed E-state index contributed by atoms with van der Waals surface area (Å²) in [5.41, 5.74) is 0. The molecule has 0 fully saturated rings. The van der Waals surface area contributed by atoms with Gasteiger partial charge in [-0.2, -0.15) is 8.42 Å². The first-order valence-electron chi connectivity index (χ1n) is 19.3. The van der Waals surface area contributed by atoms with Crippen molar-refractivity contribution >= 4 is 16.0 Å². The highest BCUT2D eigenvalue weighted by Gasteiger charge is 2.24. The fraction of sp³-hybridized carbons (Fsp3) is 0.775. The van der Waals surface area contributed by atoms with Gasteiger partial charge in [-0.25, -0.2) is 0 Å². The van der Waals surface area contributed by atoms with Crippen LogP contribution >= 0.6 is 0 Å². The number of hydrogen-bond donors (Lipinski definition) is 3. The van der Waals surface area contributed by atoms with E-state index in [0.717, 1.165) is 44.9 Å². The molecule has 6 nitrogen and oxygen atoms in total. The van der Waals surface area contributed by atoms with Gasteiger partial charge in [0.1, 0.15) is 0 Å². The molecule has 274 valence electrons. The van der Waals surface area contributed by atoms with Crippen molar-refractivity contribution in [3.63, 3.8) is 0 Å². The minimum Gasteiger partial charge on any atom is -0.387 e. The lowest BCUT2D eigenvalue weighted by molar-refractivity contribution is -0.122. The summed E-state index contributed by atoms with van der Waals surface area (Å²) in [6, 6.07) is -1.08. The van der Waals surface area contributed by atoms with Gasteiger partial charge in [0.25, 0.3) is 10.1 Å². The van der Waals surface area contributed by atoms with Crippen molar-refractivity contribution in [1.29, 1.82) is 0 Å². The molecule has 0 radical (unpaired) electrons. The zero-order valence-electron chi connectivity index (χ0n) is 30.4. The van der Waals surface area contributed by atoms with Crippen LogP contribution in [0.3, 0.4) is 0 Å². The maximum atomic E-state index is 12.5. The van der Waals surface area contributed by atoms with Crippen LogP contribution in [-0.4, -0.2) is 41.9 Å². The molecule has 0 saturated heterocycles. The Bertz CT molecular complexity index is 925. The Hall–Kier alpha value is -1.70. The summed E-state index contributed by atoms with van der Waals surface area (Å²) in [5, 5.41) is 13.2. The van der Waals surface area contributed by atoms with Gasteiger partial charge in [-0.15, -0.1) is 0 Å². The second-order valence-electron chi connectivity index (χ2n) is 13.2. The van der Waals surface area contributed by atoms with Crippen LogP contribution in [0.25, 0.3) is 0 Å². The van der Waals surface area contributed by atoms with E-state index in [-0.39, 0.29) is 12.3 Å². The van der Waals surface area contributed by atoms with E-state index in [9.17, 15) is 22.9 Å². The van der Waals surface area contributed by atoms with Crippen molar-refractivity contribution in [3.8, 4) is 0 Å². The number of aliphatic hydroxyl groups is 1. The van der Waals surface area contributed by atoms with Gasteiger partial charge in [0, 0.05) is 6.42 Å². The summed E-state index contributed by atoms with van der Waals surface area (Å²) >= 11 is 0. The molecule has 0 bridgehead atoms. The first-order chi connectivity index (χ1) is 22.8. The highest BCUT2D eigenvalue weighted by molar-refractivity contribution is 7.85. The second-order valence-corrected chi connectivity index (χ2v) is 14.7. The molecular weight excluding hydrogens is 607 g/mol. The quantitative estimate of drug-likeness (QED) is 0.0357. The zero-order chi connectivity index (χ0) is 34.7. The summed E-state index contributed by atoms with van der Waals surface area (Å²) in [5.74, 6) is -1.01. The second kappa shape index (κ2) is 34.2.